The lowest BCUT2D eigenvalue weighted by Crippen LogP contribution is -2.53. The molecule has 2 N–H and O–H groups in total. The van der Waals surface area contributed by atoms with Crippen molar-refractivity contribution in [2.75, 3.05) is 6.54 Å². The van der Waals surface area contributed by atoms with Gasteiger partial charge in [-0.3, -0.25) is 0 Å². The van der Waals surface area contributed by atoms with Gasteiger partial charge in [0.2, 0.25) is 0 Å². The van der Waals surface area contributed by atoms with Crippen LogP contribution in [0.3, 0.4) is 0 Å². The van der Waals surface area contributed by atoms with Crippen molar-refractivity contribution in [1.29, 1.82) is 0 Å². The quantitative estimate of drug-likeness (QED) is 0.806. The molecule has 19 heavy (non-hydrogen) atoms. The van der Waals surface area contributed by atoms with Crippen molar-refractivity contribution in [2.24, 2.45) is 5.92 Å². The van der Waals surface area contributed by atoms with E-state index in [1.54, 1.807) is 4.90 Å². The highest BCUT2D eigenvalue weighted by Gasteiger charge is 2.29. The molecule has 110 valence electrons. The number of unbranched alkanes of at least 4 members (excludes halogenated alkanes) is 1. The summed E-state index contributed by atoms with van der Waals surface area (Å²) in [4.78, 5) is 25.0. The van der Waals surface area contributed by atoms with E-state index in [2.05, 4.69) is 12.2 Å². The Hall–Kier alpha value is -1.26. The van der Waals surface area contributed by atoms with Crippen LogP contribution in [-0.4, -0.2) is 40.6 Å². The molecule has 1 aliphatic heterocycles. The summed E-state index contributed by atoms with van der Waals surface area (Å²) in [5.74, 6) is -0.311. The second kappa shape index (κ2) is 7.36. The van der Waals surface area contributed by atoms with E-state index in [-0.39, 0.29) is 12.1 Å². The first-order valence-electron chi connectivity index (χ1n) is 7.25. The van der Waals surface area contributed by atoms with Crippen LogP contribution in [0.2, 0.25) is 0 Å². The minimum absolute atomic E-state index is 0.185. The van der Waals surface area contributed by atoms with Crippen LogP contribution in [0.15, 0.2) is 0 Å². The lowest BCUT2D eigenvalue weighted by Gasteiger charge is -2.37. The number of piperidine rings is 1. The Balaban J connectivity index is 2.53. The predicted octanol–water partition coefficient (Wildman–Crippen LogP) is 2.46. The number of carbonyl (C=O) groups is 2. The van der Waals surface area contributed by atoms with Gasteiger partial charge in [0.05, 0.1) is 0 Å². The number of hydrogen-bond acceptors (Lipinski definition) is 2. The lowest BCUT2D eigenvalue weighted by atomic mass is 9.94. The molecule has 5 nitrogen and oxygen atoms in total. The van der Waals surface area contributed by atoms with Gasteiger partial charge < -0.3 is 15.3 Å². The minimum Gasteiger partial charge on any atom is -0.480 e. The Kier molecular flexibility index (Phi) is 6.12. The number of nitrogens with one attached hydrogen (secondary N) is 1. The summed E-state index contributed by atoms with van der Waals surface area (Å²) in [6, 6.07) is -0.814. The second-order valence-electron chi connectivity index (χ2n) is 5.65. The minimum atomic E-state index is -0.945. The lowest BCUT2D eigenvalue weighted by molar-refractivity contribution is -0.139. The van der Waals surface area contributed by atoms with Crippen LogP contribution in [0.5, 0.6) is 0 Å². The molecular weight excluding hydrogens is 244 g/mol. The molecule has 0 aromatic heterocycles. The zero-order chi connectivity index (χ0) is 14.4. The fourth-order valence-electron chi connectivity index (χ4n) is 2.61. The van der Waals surface area contributed by atoms with E-state index in [9.17, 15) is 9.59 Å². The van der Waals surface area contributed by atoms with Gasteiger partial charge in [0.15, 0.2) is 0 Å². The van der Waals surface area contributed by atoms with Crippen LogP contribution in [0.1, 0.15) is 52.9 Å². The van der Waals surface area contributed by atoms with Gasteiger partial charge in [-0.1, -0.05) is 26.7 Å². The second-order valence-corrected chi connectivity index (χ2v) is 5.65. The highest BCUT2D eigenvalue weighted by molar-refractivity contribution is 5.82. The van der Waals surface area contributed by atoms with E-state index in [0.29, 0.717) is 18.9 Å². The normalized spacial score (nSPS) is 24.9. The molecular formula is C14H26N2O3. The number of carbonyl (C=O) groups excluding carboxylic acids is 1. The van der Waals surface area contributed by atoms with Crippen LogP contribution >= 0.6 is 0 Å². The molecule has 0 aromatic carbocycles. The number of carboxylic acid groups (broad SMARTS) is 1. The number of nitrogens with zero attached hydrogens (tertiary/aromatic N) is 1. The van der Waals surface area contributed by atoms with E-state index < -0.39 is 12.0 Å². The molecule has 0 saturated carbocycles. The van der Waals surface area contributed by atoms with Gasteiger partial charge in [-0.15, -0.1) is 0 Å². The van der Waals surface area contributed by atoms with Gasteiger partial charge in [-0.25, -0.2) is 9.59 Å². The Morgan fingerprint density at radius 1 is 1.42 bits per heavy atom. The number of hydrogen-bond donors (Lipinski definition) is 2. The average Bonchev–Trinajstić information content (AvgIpc) is 2.33. The van der Waals surface area contributed by atoms with Crippen LogP contribution in [0.4, 0.5) is 4.79 Å². The SMILES string of the molecule is CCCC[C@H](NC(=O)N1CCC(C)CC1C)C(=O)O. The summed E-state index contributed by atoms with van der Waals surface area (Å²) < 4.78 is 0. The molecule has 1 aliphatic rings. The van der Waals surface area contributed by atoms with Crippen molar-refractivity contribution in [3.05, 3.63) is 0 Å². The maximum Gasteiger partial charge on any atom is 0.326 e. The average molecular weight is 270 g/mol. The van der Waals surface area contributed by atoms with E-state index in [1.807, 2.05) is 13.8 Å². The van der Waals surface area contributed by atoms with Gasteiger partial charge in [0.1, 0.15) is 6.04 Å². The Morgan fingerprint density at radius 3 is 2.63 bits per heavy atom. The zero-order valence-corrected chi connectivity index (χ0v) is 12.2. The molecule has 1 heterocycles. The molecule has 0 bridgehead atoms. The summed E-state index contributed by atoms with van der Waals surface area (Å²) in [5.41, 5.74) is 0. The topological polar surface area (TPSA) is 69.6 Å². The number of carboxylic acids is 1. The highest BCUT2D eigenvalue weighted by atomic mass is 16.4. The third kappa shape index (κ3) is 4.73. The van der Waals surface area contributed by atoms with E-state index in [4.69, 9.17) is 5.11 Å². The fraction of sp³-hybridized carbons (Fsp3) is 0.857. The molecule has 0 aromatic rings. The predicted molar refractivity (Wildman–Crippen MR) is 74.0 cm³/mol. The monoisotopic (exact) mass is 270 g/mol. The summed E-state index contributed by atoms with van der Waals surface area (Å²) in [6.45, 7) is 6.94. The van der Waals surface area contributed by atoms with E-state index in [0.717, 1.165) is 25.7 Å². The number of rotatable bonds is 5. The fourth-order valence-corrected chi connectivity index (χ4v) is 2.61. The van der Waals surface area contributed by atoms with Gasteiger partial charge in [-0.2, -0.15) is 0 Å². The first kappa shape index (κ1) is 15.8. The molecule has 5 heteroatoms. The van der Waals surface area contributed by atoms with Gasteiger partial charge in [0.25, 0.3) is 0 Å². The van der Waals surface area contributed by atoms with Gasteiger partial charge in [0, 0.05) is 12.6 Å². The van der Waals surface area contributed by atoms with Crippen molar-refractivity contribution in [3.63, 3.8) is 0 Å². The van der Waals surface area contributed by atoms with Crippen LogP contribution in [-0.2, 0) is 4.79 Å². The standard InChI is InChI=1S/C14H26N2O3/c1-4-5-6-12(13(17)18)15-14(19)16-8-7-10(2)9-11(16)3/h10-12H,4-9H2,1-3H3,(H,15,19)(H,17,18)/t10?,11?,12-/m0/s1. The number of urea groups is 1. The number of likely N-dealkylation sites (tertiary alicyclic amines) is 1. The van der Waals surface area contributed by atoms with Crippen molar-refractivity contribution >= 4 is 12.0 Å². The molecule has 0 aliphatic carbocycles. The Labute approximate surface area is 115 Å². The van der Waals surface area contributed by atoms with Gasteiger partial charge >= 0.3 is 12.0 Å². The molecule has 1 rings (SSSR count). The summed E-state index contributed by atoms with van der Waals surface area (Å²) in [7, 11) is 0. The Bertz CT molecular complexity index is 320. The summed E-state index contributed by atoms with van der Waals surface area (Å²) in [5, 5.41) is 11.8. The third-order valence-corrected chi connectivity index (χ3v) is 3.84. The molecule has 1 saturated heterocycles. The van der Waals surface area contributed by atoms with Crippen molar-refractivity contribution < 1.29 is 14.7 Å². The molecule has 2 amide bonds. The zero-order valence-electron chi connectivity index (χ0n) is 12.2. The van der Waals surface area contributed by atoms with Gasteiger partial charge in [-0.05, 0) is 32.1 Å². The van der Waals surface area contributed by atoms with E-state index >= 15 is 0 Å². The number of aliphatic carboxylic acids is 1. The summed E-state index contributed by atoms with van der Waals surface area (Å²) >= 11 is 0. The number of amides is 2. The van der Waals surface area contributed by atoms with Crippen LogP contribution in [0.25, 0.3) is 0 Å². The molecule has 3 atom stereocenters. The van der Waals surface area contributed by atoms with Crippen LogP contribution < -0.4 is 5.32 Å². The molecule has 0 spiro atoms. The van der Waals surface area contributed by atoms with E-state index in [1.165, 1.54) is 0 Å². The largest absolute Gasteiger partial charge is 0.480 e. The third-order valence-electron chi connectivity index (χ3n) is 3.84. The maximum absolute atomic E-state index is 12.1. The molecule has 1 fully saturated rings. The molecule has 2 unspecified atom stereocenters. The van der Waals surface area contributed by atoms with Crippen molar-refractivity contribution in [1.82, 2.24) is 10.2 Å². The van der Waals surface area contributed by atoms with Crippen molar-refractivity contribution in [3.8, 4) is 0 Å². The summed E-state index contributed by atoms with van der Waals surface area (Å²) in [6.07, 6.45) is 4.21. The maximum atomic E-state index is 12.1. The van der Waals surface area contributed by atoms with Crippen LogP contribution in [0, 0.1) is 5.92 Å². The highest BCUT2D eigenvalue weighted by Crippen LogP contribution is 2.22. The smallest absolute Gasteiger partial charge is 0.326 e. The first-order chi connectivity index (χ1) is 8.95. The first-order valence-corrected chi connectivity index (χ1v) is 7.25. The molecule has 0 radical (unpaired) electrons. The Morgan fingerprint density at radius 2 is 2.11 bits per heavy atom. The van der Waals surface area contributed by atoms with Crippen molar-refractivity contribution in [2.45, 2.75) is 65.0 Å².